The van der Waals surface area contributed by atoms with E-state index in [4.69, 9.17) is 0 Å². The van der Waals surface area contributed by atoms with Gasteiger partial charge in [0.2, 0.25) is 0 Å². The Hall–Kier alpha value is -1.14. The zero-order valence-electron chi connectivity index (χ0n) is 19.7. The summed E-state index contributed by atoms with van der Waals surface area (Å²) in [6.45, 7) is 16.7. The fourth-order valence-corrected chi connectivity index (χ4v) is 4.67. The molecule has 2 saturated heterocycles. The van der Waals surface area contributed by atoms with E-state index in [1.165, 1.54) is 45.4 Å². The fraction of sp³-hybridized carbons (Fsp3) is 0.913. The summed E-state index contributed by atoms with van der Waals surface area (Å²) in [7, 11) is 2.23. The van der Waals surface area contributed by atoms with Crippen molar-refractivity contribution in [3.05, 3.63) is 0 Å². The number of likely N-dealkylation sites (tertiary alicyclic amines) is 2. The van der Waals surface area contributed by atoms with Crippen LogP contribution in [0, 0.1) is 17.3 Å². The SMILES string of the molecule is CC.CC(C)(C)OC=O.CN1CCC(C2CCCN(C3CC(C)(C(=O)O)C3)C2)C1. The van der Waals surface area contributed by atoms with Gasteiger partial charge in [-0.25, -0.2) is 0 Å². The van der Waals surface area contributed by atoms with Crippen LogP contribution in [0.2, 0.25) is 0 Å². The Labute approximate surface area is 178 Å². The third-order valence-corrected chi connectivity index (χ3v) is 6.39. The molecule has 0 aromatic rings. The molecule has 3 aliphatic rings. The predicted molar refractivity (Wildman–Crippen MR) is 117 cm³/mol. The summed E-state index contributed by atoms with van der Waals surface area (Å²) in [5, 5.41) is 9.24. The van der Waals surface area contributed by atoms with Crippen molar-refractivity contribution >= 4 is 12.4 Å². The number of hydrogen-bond donors (Lipinski definition) is 1. The van der Waals surface area contributed by atoms with Crippen molar-refractivity contribution < 1.29 is 19.4 Å². The molecule has 3 fully saturated rings. The van der Waals surface area contributed by atoms with Crippen LogP contribution >= 0.6 is 0 Å². The van der Waals surface area contributed by atoms with E-state index in [0.29, 0.717) is 12.5 Å². The standard InChI is InChI=1S/C16H28N2O2.C5H10O2.C2H6/c1-16(15(19)20)8-14(9-16)18-6-3-4-12(11-18)13-5-7-17(2)10-13;1-5(2,3)7-4-6;1-2/h12-14H,3-11H2,1-2H3,(H,19,20);4H,1-3H3;1-2H3. The van der Waals surface area contributed by atoms with Gasteiger partial charge in [-0.2, -0.15) is 0 Å². The second kappa shape index (κ2) is 11.3. The average molecular weight is 413 g/mol. The Balaban J connectivity index is 0.000000399. The Kier molecular flexibility index (Phi) is 10.1. The highest BCUT2D eigenvalue weighted by Gasteiger charge is 2.49. The van der Waals surface area contributed by atoms with E-state index in [2.05, 4.69) is 21.6 Å². The Morgan fingerprint density at radius 1 is 1.10 bits per heavy atom. The predicted octanol–water partition coefficient (Wildman–Crippen LogP) is 3.89. The lowest BCUT2D eigenvalue weighted by Crippen LogP contribution is -2.55. The van der Waals surface area contributed by atoms with Gasteiger partial charge < -0.3 is 19.6 Å². The van der Waals surface area contributed by atoms with Gasteiger partial charge in [0.25, 0.3) is 6.47 Å². The maximum atomic E-state index is 11.2. The molecule has 2 aliphatic heterocycles. The first-order valence-corrected chi connectivity index (χ1v) is 11.3. The number of carboxylic acids is 1. The van der Waals surface area contributed by atoms with Crippen LogP contribution in [0.3, 0.4) is 0 Å². The van der Waals surface area contributed by atoms with Crippen molar-refractivity contribution in [2.75, 3.05) is 33.2 Å². The average Bonchev–Trinajstić information content (AvgIpc) is 3.07. The summed E-state index contributed by atoms with van der Waals surface area (Å²) < 4.78 is 4.55. The molecule has 0 bridgehead atoms. The number of piperidine rings is 1. The summed E-state index contributed by atoms with van der Waals surface area (Å²) >= 11 is 0. The molecule has 3 rings (SSSR count). The normalized spacial score (nSPS) is 32.7. The van der Waals surface area contributed by atoms with Crippen LogP contribution in [0.1, 0.15) is 73.6 Å². The Morgan fingerprint density at radius 3 is 2.10 bits per heavy atom. The van der Waals surface area contributed by atoms with Crippen molar-refractivity contribution in [1.29, 1.82) is 0 Å². The van der Waals surface area contributed by atoms with E-state index < -0.39 is 11.4 Å². The van der Waals surface area contributed by atoms with Gasteiger partial charge in [-0.15, -0.1) is 0 Å². The van der Waals surface area contributed by atoms with E-state index >= 15 is 0 Å². The Bertz CT molecular complexity index is 511. The summed E-state index contributed by atoms with van der Waals surface area (Å²) in [4.78, 5) is 25.9. The highest BCUT2D eigenvalue weighted by molar-refractivity contribution is 5.75. The molecule has 0 amide bonds. The van der Waals surface area contributed by atoms with Crippen molar-refractivity contribution in [2.24, 2.45) is 17.3 Å². The van der Waals surface area contributed by atoms with E-state index in [0.717, 1.165) is 24.7 Å². The largest absolute Gasteiger partial charge is 0.481 e. The first-order valence-electron chi connectivity index (χ1n) is 11.3. The maximum Gasteiger partial charge on any atom is 0.309 e. The van der Waals surface area contributed by atoms with Crippen LogP contribution in [0.4, 0.5) is 0 Å². The van der Waals surface area contributed by atoms with Gasteiger partial charge in [0, 0.05) is 19.1 Å². The second-order valence-corrected chi connectivity index (χ2v) is 9.96. The highest BCUT2D eigenvalue weighted by Crippen LogP contribution is 2.45. The lowest BCUT2D eigenvalue weighted by Gasteiger charge is -2.50. The zero-order valence-corrected chi connectivity index (χ0v) is 19.7. The van der Waals surface area contributed by atoms with Gasteiger partial charge in [0.1, 0.15) is 5.60 Å². The second-order valence-electron chi connectivity index (χ2n) is 9.96. The monoisotopic (exact) mass is 412 g/mol. The lowest BCUT2D eigenvalue weighted by atomic mass is 9.65. The molecule has 0 radical (unpaired) electrons. The quantitative estimate of drug-likeness (QED) is 0.707. The van der Waals surface area contributed by atoms with Gasteiger partial charge in [0.05, 0.1) is 5.41 Å². The van der Waals surface area contributed by atoms with E-state index in [1.54, 1.807) is 0 Å². The van der Waals surface area contributed by atoms with Crippen molar-refractivity contribution in [3.63, 3.8) is 0 Å². The minimum atomic E-state index is -0.611. The molecule has 6 nitrogen and oxygen atoms in total. The molecule has 1 saturated carbocycles. The topological polar surface area (TPSA) is 70.1 Å². The molecule has 2 atom stereocenters. The minimum absolute atomic E-state index is 0.318. The molecule has 29 heavy (non-hydrogen) atoms. The number of nitrogens with zero attached hydrogens (tertiary/aromatic N) is 2. The first-order chi connectivity index (χ1) is 13.5. The van der Waals surface area contributed by atoms with Crippen molar-refractivity contribution in [2.45, 2.75) is 85.3 Å². The van der Waals surface area contributed by atoms with Crippen molar-refractivity contribution in [1.82, 2.24) is 9.80 Å². The number of aliphatic carboxylic acids is 1. The molecule has 0 aromatic carbocycles. The van der Waals surface area contributed by atoms with E-state index in [9.17, 15) is 14.7 Å². The molecule has 1 aliphatic carbocycles. The third-order valence-electron chi connectivity index (χ3n) is 6.39. The fourth-order valence-electron chi connectivity index (χ4n) is 4.67. The number of carbonyl (C=O) groups is 2. The summed E-state index contributed by atoms with van der Waals surface area (Å²) in [6.07, 6.45) is 5.72. The highest BCUT2D eigenvalue weighted by atomic mass is 16.5. The molecular weight excluding hydrogens is 368 g/mol. The van der Waals surface area contributed by atoms with Crippen LogP contribution in [0.15, 0.2) is 0 Å². The van der Waals surface area contributed by atoms with Crippen molar-refractivity contribution in [3.8, 4) is 0 Å². The summed E-state index contributed by atoms with van der Waals surface area (Å²) in [5.74, 6) is 1.10. The lowest BCUT2D eigenvalue weighted by molar-refractivity contribution is -0.158. The van der Waals surface area contributed by atoms with Gasteiger partial charge in [0.15, 0.2) is 0 Å². The van der Waals surface area contributed by atoms with Gasteiger partial charge in [-0.05, 0) is 91.8 Å². The minimum Gasteiger partial charge on any atom is -0.481 e. The summed E-state index contributed by atoms with van der Waals surface area (Å²) in [6, 6.07) is 0.526. The number of carbonyl (C=O) groups excluding carboxylic acids is 1. The van der Waals surface area contributed by atoms with Crippen LogP contribution in [0.5, 0.6) is 0 Å². The Morgan fingerprint density at radius 2 is 1.69 bits per heavy atom. The number of carboxylic acid groups (broad SMARTS) is 1. The molecule has 6 heteroatoms. The smallest absolute Gasteiger partial charge is 0.309 e. The molecule has 0 spiro atoms. The molecule has 2 unspecified atom stereocenters. The van der Waals surface area contributed by atoms with Gasteiger partial charge in [-0.3, -0.25) is 9.59 Å². The number of hydrogen-bond acceptors (Lipinski definition) is 5. The van der Waals surface area contributed by atoms with E-state index in [1.807, 2.05) is 41.5 Å². The van der Waals surface area contributed by atoms with E-state index in [-0.39, 0.29) is 5.60 Å². The third kappa shape index (κ3) is 7.89. The molecular formula is C23H44N2O4. The molecule has 0 aromatic heterocycles. The molecule has 2 heterocycles. The van der Waals surface area contributed by atoms with Crippen LogP contribution < -0.4 is 0 Å². The molecule has 170 valence electrons. The number of ether oxygens (including phenoxy) is 1. The zero-order chi connectivity index (χ0) is 22.2. The first kappa shape index (κ1) is 25.9. The van der Waals surface area contributed by atoms with Crippen LogP contribution in [-0.2, 0) is 14.3 Å². The molecule has 1 N–H and O–H groups in total. The maximum absolute atomic E-state index is 11.2. The van der Waals surface area contributed by atoms with Crippen LogP contribution in [0.25, 0.3) is 0 Å². The van der Waals surface area contributed by atoms with Crippen LogP contribution in [-0.4, -0.2) is 72.2 Å². The number of rotatable bonds is 4. The van der Waals surface area contributed by atoms with Gasteiger partial charge >= 0.3 is 5.97 Å². The summed E-state index contributed by atoms with van der Waals surface area (Å²) in [5.41, 5.74) is -0.771. The van der Waals surface area contributed by atoms with Gasteiger partial charge in [-0.1, -0.05) is 13.8 Å².